The fraction of sp³-hybridized carbons (Fsp3) is 0.667. The minimum Gasteiger partial charge on any atom is -0.369 e. The fourth-order valence-corrected chi connectivity index (χ4v) is 2.19. The minimum atomic E-state index is -4.41. The van der Waals surface area contributed by atoms with Crippen molar-refractivity contribution < 1.29 is 13.2 Å². The molecule has 1 heterocycles. The SMILES string of the molecule is CC(C)CCCCCCNc1ncc(C(F)(F)F)cc1Cl. The van der Waals surface area contributed by atoms with Crippen LogP contribution >= 0.6 is 11.6 Å². The Kier molecular flexibility index (Phi) is 7.29. The molecule has 0 unspecified atom stereocenters. The first-order valence-electron chi connectivity index (χ1n) is 7.27. The zero-order valence-electron chi connectivity index (χ0n) is 12.4. The Morgan fingerprint density at radius 3 is 2.43 bits per heavy atom. The molecule has 120 valence electrons. The maximum Gasteiger partial charge on any atom is 0.417 e. The molecule has 0 fully saturated rings. The molecule has 2 nitrogen and oxygen atoms in total. The molecule has 6 heteroatoms. The van der Waals surface area contributed by atoms with Crippen LogP contribution in [0.2, 0.25) is 5.02 Å². The second kappa shape index (κ2) is 8.47. The number of hydrogen-bond acceptors (Lipinski definition) is 2. The Bertz CT molecular complexity index is 433. The lowest BCUT2D eigenvalue weighted by Gasteiger charge is -2.10. The molecule has 1 aromatic rings. The van der Waals surface area contributed by atoms with Crippen LogP contribution in [-0.4, -0.2) is 11.5 Å². The largest absolute Gasteiger partial charge is 0.417 e. The first-order valence-corrected chi connectivity index (χ1v) is 7.65. The van der Waals surface area contributed by atoms with Crippen molar-refractivity contribution in [3.05, 3.63) is 22.8 Å². The van der Waals surface area contributed by atoms with Gasteiger partial charge in [-0.2, -0.15) is 13.2 Å². The van der Waals surface area contributed by atoms with E-state index in [-0.39, 0.29) is 5.02 Å². The van der Waals surface area contributed by atoms with Crippen LogP contribution in [0.15, 0.2) is 12.3 Å². The van der Waals surface area contributed by atoms with Crippen molar-refractivity contribution in [2.45, 2.75) is 52.1 Å². The summed E-state index contributed by atoms with van der Waals surface area (Å²) in [7, 11) is 0. The van der Waals surface area contributed by atoms with E-state index in [1.54, 1.807) is 0 Å². The zero-order valence-corrected chi connectivity index (χ0v) is 13.2. The van der Waals surface area contributed by atoms with Crippen molar-refractivity contribution in [3.63, 3.8) is 0 Å². The highest BCUT2D eigenvalue weighted by molar-refractivity contribution is 6.32. The summed E-state index contributed by atoms with van der Waals surface area (Å²) in [5.41, 5.74) is -0.827. The van der Waals surface area contributed by atoms with E-state index in [4.69, 9.17) is 11.6 Å². The van der Waals surface area contributed by atoms with Crippen LogP contribution < -0.4 is 5.32 Å². The Hall–Kier alpha value is -0.970. The number of rotatable bonds is 8. The van der Waals surface area contributed by atoms with Crippen LogP contribution in [0, 0.1) is 5.92 Å². The van der Waals surface area contributed by atoms with Gasteiger partial charge in [-0.3, -0.25) is 0 Å². The average molecular weight is 323 g/mol. The molecule has 0 spiro atoms. The molecule has 0 aliphatic carbocycles. The Morgan fingerprint density at radius 1 is 1.19 bits per heavy atom. The summed E-state index contributed by atoms with van der Waals surface area (Å²) >= 11 is 5.81. The molecule has 1 N–H and O–H groups in total. The lowest BCUT2D eigenvalue weighted by atomic mass is 10.0. The molecule has 21 heavy (non-hydrogen) atoms. The topological polar surface area (TPSA) is 24.9 Å². The maximum absolute atomic E-state index is 12.5. The van der Waals surface area contributed by atoms with E-state index in [0.29, 0.717) is 12.4 Å². The van der Waals surface area contributed by atoms with E-state index in [1.807, 2.05) is 0 Å². The molecular weight excluding hydrogens is 301 g/mol. The summed E-state index contributed by atoms with van der Waals surface area (Å²) in [5.74, 6) is 1.05. The molecule has 0 saturated carbocycles. The summed E-state index contributed by atoms with van der Waals surface area (Å²) < 4.78 is 37.4. The minimum absolute atomic E-state index is 0.00429. The second-order valence-corrected chi connectivity index (χ2v) is 5.98. The number of pyridine rings is 1. The number of halogens is 4. The van der Waals surface area contributed by atoms with Gasteiger partial charge in [-0.15, -0.1) is 0 Å². The van der Waals surface area contributed by atoms with E-state index in [9.17, 15) is 13.2 Å². The van der Waals surface area contributed by atoms with Crippen LogP contribution in [0.5, 0.6) is 0 Å². The number of alkyl halides is 3. The third-order valence-electron chi connectivity index (χ3n) is 3.17. The standard InChI is InChI=1S/C15H22ClF3N2/c1-11(2)7-5-3-4-6-8-20-14-13(16)9-12(10-21-14)15(17,18)19/h9-11H,3-8H2,1-2H3,(H,20,21). The third-order valence-corrected chi connectivity index (χ3v) is 3.46. The number of nitrogens with one attached hydrogen (secondary N) is 1. The highest BCUT2D eigenvalue weighted by Gasteiger charge is 2.31. The molecule has 0 aliphatic heterocycles. The van der Waals surface area contributed by atoms with Gasteiger partial charge in [-0.25, -0.2) is 4.98 Å². The van der Waals surface area contributed by atoms with Gasteiger partial charge in [0.05, 0.1) is 10.6 Å². The van der Waals surface area contributed by atoms with Crippen molar-refractivity contribution in [1.82, 2.24) is 4.98 Å². The average Bonchev–Trinajstić information content (AvgIpc) is 2.37. The highest BCUT2D eigenvalue weighted by atomic mass is 35.5. The van der Waals surface area contributed by atoms with E-state index >= 15 is 0 Å². The molecule has 1 aromatic heterocycles. The normalized spacial score (nSPS) is 12.0. The lowest BCUT2D eigenvalue weighted by molar-refractivity contribution is -0.137. The lowest BCUT2D eigenvalue weighted by Crippen LogP contribution is -2.08. The van der Waals surface area contributed by atoms with Gasteiger partial charge in [0.25, 0.3) is 0 Å². The quantitative estimate of drug-likeness (QED) is 0.614. The van der Waals surface area contributed by atoms with Crippen molar-refractivity contribution in [1.29, 1.82) is 0 Å². The number of unbranched alkanes of at least 4 members (excludes halogenated alkanes) is 3. The molecule has 1 rings (SSSR count). The Morgan fingerprint density at radius 2 is 1.86 bits per heavy atom. The van der Waals surface area contributed by atoms with Gasteiger partial charge in [0.2, 0.25) is 0 Å². The fourth-order valence-electron chi connectivity index (χ4n) is 1.96. The smallest absolute Gasteiger partial charge is 0.369 e. The Balaban J connectivity index is 2.30. The van der Waals surface area contributed by atoms with Gasteiger partial charge in [-0.1, -0.05) is 51.1 Å². The molecule has 0 aliphatic rings. The molecule has 0 aromatic carbocycles. The van der Waals surface area contributed by atoms with Gasteiger partial charge in [-0.05, 0) is 18.4 Å². The summed E-state index contributed by atoms with van der Waals surface area (Å²) in [5, 5.41) is 2.99. The first-order chi connectivity index (χ1) is 9.80. The van der Waals surface area contributed by atoms with Crippen molar-refractivity contribution in [2.24, 2.45) is 5.92 Å². The van der Waals surface area contributed by atoms with Gasteiger partial charge in [0.1, 0.15) is 5.82 Å². The number of aromatic nitrogens is 1. The molecule has 0 saturated heterocycles. The van der Waals surface area contributed by atoms with Gasteiger partial charge in [0.15, 0.2) is 0 Å². The predicted molar refractivity (Wildman–Crippen MR) is 80.7 cm³/mol. The third kappa shape index (κ3) is 7.02. The van der Waals surface area contributed by atoms with Crippen molar-refractivity contribution >= 4 is 17.4 Å². The van der Waals surface area contributed by atoms with Gasteiger partial charge >= 0.3 is 6.18 Å². The van der Waals surface area contributed by atoms with E-state index in [1.165, 1.54) is 19.3 Å². The van der Waals surface area contributed by atoms with Crippen molar-refractivity contribution in [2.75, 3.05) is 11.9 Å². The van der Waals surface area contributed by atoms with Crippen LogP contribution in [0.4, 0.5) is 19.0 Å². The Labute approximate surface area is 129 Å². The van der Waals surface area contributed by atoms with E-state index in [2.05, 4.69) is 24.1 Å². The van der Waals surface area contributed by atoms with Gasteiger partial charge in [0, 0.05) is 12.7 Å². The number of anilines is 1. The van der Waals surface area contributed by atoms with Gasteiger partial charge < -0.3 is 5.32 Å². The molecule has 0 amide bonds. The second-order valence-electron chi connectivity index (χ2n) is 5.58. The molecule has 0 atom stereocenters. The molecule has 0 bridgehead atoms. The van der Waals surface area contributed by atoms with Crippen LogP contribution in [0.3, 0.4) is 0 Å². The summed E-state index contributed by atoms with van der Waals surface area (Å²) in [6, 6.07) is 0.902. The summed E-state index contributed by atoms with van der Waals surface area (Å²) in [6.45, 7) is 5.08. The van der Waals surface area contributed by atoms with Crippen LogP contribution in [-0.2, 0) is 6.18 Å². The van der Waals surface area contributed by atoms with E-state index in [0.717, 1.165) is 31.0 Å². The number of hydrogen-bond donors (Lipinski definition) is 1. The predicted octanol–water partition coefficient (Wildman–Crippen LogP) is 5.77. The van der Waals surface area contributed by atoms with Crippen LogP contribution in [0.25, 0.3) is 0 Å². The monoisotopic (exact) mass is 322 g/mol. The van der Waals surface area contributed by atoms with Crippen molar-refractivity contribution in [3.8, 4) is 0 Å². The molecular formula is C15H22ClF3N2. The summed E-state index contributed by atoms with van der Waals surface area (Å²) in [4.78, 5) is 3.74. The van der Waals surface area contributed by atoms with Crippen LogP contribution in [0.1, 0.15) is 51.5 Å². The number of nitrogens with zero attached hydrogens (tertiary/aromatic N) is 1. The molecule has 0 radical (unpaired) electrons. The maximum atomic E-state index is 12.5. The highest BCUT2D eigenvalue weighted by Crippen LogP contribution is 2.32. The van der Waals surface area contributed by atoms with E-state index < -0.39 is 11.7 Å². The first kappa shape index (κ1) is 18.1. The summed E-state index contributed by atoms with van der Waals surface area (Å²) in [6.07, 6.45) is 2.07. The zero-order chi connectivity index (χ0) is 15.9.